The van der Waals surface area contributed by atoms with E-state index in [2.05, 4.69) is 26.1 Å². The van der Waals surface area contributed by atoms with E-state index in [1.165, 1.54) is 0 Å². The molecule has 0 aromatic carbocycles. The van der Waals surface area contributed by atoms with Crippen molar-refractivity contribution in [2.24, 2.45) is 5.92 Å². The van der Waals surface area contributed by atoms with E-state index in [0.717, 1.165) is 19.3 Å². The average molecular weight is 245 g/mol. The van der Waals surface area contributed by atoms with Crippen LogP contribution in [0.5, 0.6) is 0 Å². The molecule has 2 N–H and O–H groups in total. The summed E-state index contributed by atoms with van der Waals surface area (Å²) in [5, 5.41) is 13.3. The molecule has 0 aliphatic heterocycles. The molecule has 0 aromatic heterocycles. The molecule has 3 unspecified atom stereocenters. The molecule has 1 aliphatic carbocycles. The SMILES string of the molecule is CNC1(C(=O)O)CCC(SC(C)C(C)C)C1. The number of likely N-dealkylation sites (N-methyl/N-ethyl adjacent to an activating group) is 1. The van der Waals surface area contributed by atoms with Crippen LogP contribution in [0, 0.1) is 5.92 Å². The fourth-order valence-corrected chi connectivity index (χ4v) is 3.66. The van der Waals surface area contributed by atoms with Crippen LogP contribution in [-0.4, -0.2) is 34.2 Å². The zero-order valence-corrected chi connectivity index (χ0v) is 11.4. The highest BCUT2D eigenvalue weighted by Gasteiger charge is 2.44. The van der Waals surface area contributed by atoms with Gasteiger partial charge >= 0.3 is 5.97 Å². The number of carboxylic acid groups (broad SMARTS) is 1. The van der Waals surface area contributed by atoms with Crippen LogP contribution in [0.15, 0.2) is 0 Å². The monoisotopic (exact) mass is 245 g/mol. The van der Waals surface area contributed by atoms with E-state index in [4.69, 9.17) is 0 Å². The summed E-state index contributed by atoms with van der Waals surface area (Å²) in [6.07, 6.45) is 2.51. The Kier molecular flexibility index (Phi) is 4.68. The van der Waals surface area contributed by atoms with Crippen LogP contribution in [0.1, 0.15) is 40.0 Å². The van der Waals surface area contributed by atoms with Gasteiger partial charge in [-0.05, 0) is 32.2 Å². The van der Waals surface area contributed by atoms with Gasteiger partial charge in [0, 0.05) is 10.5 Å². The Balaban J connectivity index is 2.54. The minimum Gasteiger partial charge on any atom is -0.480 e. The highest BCUT2D eigenvalue weighted by molar-refractivity contribution is 8.00. The second-order valence-corrected chi connectivity index (χ2v) is 6.77. The zero-order valence-electron chi connectivity index (χ0n) is 10.6. The molecule has 1 fully saturated rings. The highest BCUT2D eigenvalue weighted by Crippen LogP contribution is 2.40. The number of carboxylic acids is 1. The normalized spacial score (nSPS) is 31.9. The summed E-state index contributed by atoms with van der Waals surface area (Å²) < 4.78 is 0. The predicted molar refractivity (Wildman–Crippen MR) is 69.0 cm³/mol. The Hall–Kier alpha value is -0.220. The molecular formula is C12H23NO2S. The lowest BCUT2D eigenvalue weighted by Crippen LogP contribution is -2.48. The minimum atomic E-state index is -0.699. The van der Waals surface area contributed by atoms with Gasteiger partial charge in [-0.2, -0.15) is 11.8 Å². The molecule has 0 amide bonds. The number of aliphatic carboxylic acids is 1. The van der Waals surface area contributed by atoms with E-state index in [9.17, 15) is 9.90 Å². The van der Waals surface area contributed by atoms with Gasteiger partial charge in [-0.3, -0.25) is 4.79 Å². The maximum Gasteiger partial charge on any atom is 0.323 e. The molecule has 3 atom stereocenters. The van der Waals surface area contributed by atoms with Gasteiger partial charge in [0.15, 0.2) is 0 Å². The fraction of sp³-hybridized carbons (Fsp3) is 0.917. The van der Waals surface area contributed by atoms with Crippen molar-refractivity contribution in [3.05, 3.63) is 0 Å². The van der Waals surface area contributed by atoms with Gasteiger partial charge in [-0.15, -0.1) is 0 Å². The molecule has 0 saturated heterocycles. The molecule has 0 heterocycles. The van der Waals surface area contributed by atoms with Crippen LogP contribution >= 0.6 is 11.8 Å². The predicted octanol–water partition coefficient (Wildman–Crippen LogP) is 2.36. The second kappa shape index (κ2) is 5.41. The summed E-state index contributed by atoms with van der Waals surface area (Å²) in [5.41, 5.74) is -0.672. The first-order chi connectivity index (χ1) is 7.41. The van der Waals surface area contributed by atoms with Crippen LogP contribution in [0.2, 0.25) is 0 Å². The average Bonchev–Trinajstić information content (AvgIpc) is 2.62. The lowest BCUT2D eigenvalue weighted by atomic mass is 9.99. The number of nitrogens with one attached hydrogen (secondary N) is 1. The smallest absolute Gasteiger partial charge is 0.323 e. The summed E-state index contributed by atoms with van der Waals surface area (Å²) in [6.45, 7) is 6.67. The topological polar surface area (TPSA) is 49.3 Å². The molecule has 0 aromatic rings. The van der Waals surface area contributed by atoms with Gasteiger partial charge in [0.1, 0.15) is 5.54 Å². The Labute approximate surface area is 102 Å². The Bertz CT molecular complexity index is 257. The van der Waals surface area contributed by atoms with Crippen molar-refractivity contribution < 1.29 is 9.90 Å². The summed E-state index contributed by atoms with van der Waals surface area (Å²) in [6, 6.07) is 0. The summed E-state index contributed by atoms with van der Waals surface area (Å²) in [4.78, 5) is 11.2. The first-order valence-corrected chi connectivity index (χ1v) is 6.93. The largest absolute Gasteiger partial charge is 0.480 e. The van der Waals surface area contributed by atoms with Crippen molar-refractivity contribution in [2.75, 3.05) is 7.05 Å². The number of carbonyl (C=O) groups is 1. The lowest BCUT2D eigenvalue weighted by molar-refractivity contribution is -0.144. The van der Waals surface area contributed by atoms with Gasteiger partial charge < -0.3 is 10.4 Å². The molecule has 94 valence electrons. The third-order valence-electron chi connectivity index (χ3n) is 3.70. The molecule has 4 heteroatoms. The van der Waals surface area contributed by atoms with Gasteiger partial charge in [-0.25, -0.2) is 0 Å². The summed E-state index contributed by atoms with van der Waals surface area (Å²) in [5.74, 6) is -0.0466. The van der Waals surface area contributed by atoms with Crippen LogP contribution in [-0.2, 0) is 4.79 Å². The minimum absolute atomic E-state index is 0.487. The van der Waals surface area contributed by atoms with Crippen molar-refractivity contribution in [1.82, 2.24) is 5.32 Å². The van der Waals surface area contributed by atoms with E-state index in [-0.39, 0.29) is 0 Å². The Morgan fingerprint density at radius 2 is 2.12 bits per heavy atom. The molecule has 0 spiro atoms. The third kappa shape index (κ3) is 2.92. The van der Waals surface area contributed by atoms with E-state index >= 15 is 0 Å². The van der Waals surface area contributed by atoms with Crippen molar-refractivity contribution in [1.29, 1.82) is 0 Å². The van der Waals surface area contributed by atoms with E-state index < -0.39 is 11.5 Å². The van der Waals surface area contributed by atoms with E-state index in [1.807, 2.05) is 11.8 Å². The molecule has 1 aliphatic rings. The summed E-state index contributed by atoms with van der Waals surface area (Å²) >= 11 is 1.95. The third-order valence-corrected chi connectivity index (χ3v) is 5.46. The molecule has 1 rings (SSSR count). The Morgan fingerprint density at radius 1 is 1.50 bits per heavy atom. The second-order valence-electron chi connectivity index (χ2n) is 5.09. The van der Waals surface area contributed by atoms with E-state index in [0.29, 0.717) is 16.4 Å². The first-order valence-electron chi connectivity index (χ1n) is 5.99. The van der Waals surface area contributed by atoms with Crippen LogP contribution in [0.3, 0.4) is 0 Å². The number of hydrogen-bond acceptors (Lipinski definition) is 3. The van der Waals surface area contributed by atoms with Crippen molar-refractivity contribution in [3.8, 4) is 0 Å². The van der Waals surface area contributed by atoms with Crippen LogP contribution < -0.4 is 5.32 Å². The molecule has 3 nitrogen and oxygen atoms in total. The number of hydrogen-bond donors (Lipinski definition) is 2. The van der Waals surface area contributed by atoms with Gasteiger partial charge in [0.25, 0.3) is 0 Å². The van der Waals surface area contributed by atoms with E-state index in [1.54, 1.807) is 7.05 Å². The standard InChI is InChI=1S/C12H23NO2S/c1-8(2)9(3)16-10-5-6-12(7-10,13-4)11(14)15/h8-10,13H,5-7H2,1-4H3,(H,14,15). The fourth-order valence-electron chi connectivity index (χ4n) is 2.11. The number of thioether (sulfide) groups is 1. The molecule has 1 saturated carbocycles. The van der Waals surface area contributed by atoms with Crippen molar-refractivity contribution in [2.45, 2.75) is 56.1 Å². The maximum atomic E-state index is 11.2. The molecular weight excluding hydrogens is 222 g/mol. The maximum absolute atomic E-state index is 11.2. The van der Waals surface area contributed by atoms with Crippen molar-refractivity contribution >= 4 is 17.7 Å². The molecule has 16 heavy (non-hydrogen) atoms. The zero-order chi connectivity index (χ0) is 12.3. The van der Waals surface area contributed by atoms with Gasteiger partial charge in [0.05, 0.1) is 0 Å². The molecule has 0 bridgehead atoms. The Morgan fingerprint density at radius 3 is 2.50 bits per heavy atom. The van der Waals surface area contributed by atoms with Crippen LogP contribution in [0.4, 0.5) is 0 Å². The highest BCUT2D eigenvalue weighted by atomic mass is 32.2. The quantitative estimate of drug-likeness (QED) is 0.780. The van der Waals surface area contributed by atoms with Gasteiger partial charge in [0.2, 0.25) is 0 Å². The van der Waals surface area contributed by atoms with Crippen molar-refractivity contribution in [3.63, 3.8) is 0 Å². The lowest BCUT2D eigenvalue weighted by Gasteiger charge is -2.24. The summed E-state index contributed by atoms with van der Waals surface area (Å²) in [7, 11) is 1.76. The first kappa shape index (κ1) is 13.8. The van der Waals surface area contributed by atoms with Gasteiger partial charge in [-0.1, -0.05) is 20.8 Å². The number of rotatable bonds is 5. The van der Waals surface area contributed by atoms with Crippen LogP contribution in [0.25, 0.3) is 0 Å². The molecule has 0 radical (unpaired) electrons.